The SMILES string of the molecule is C=C[C@]1(C)CC[C@@H](C(=C)COC(=O)[C@H](C)NC(=O)CCC(=O)OCCCCOc2no[n+]([O-])c2S(=O)(=O)c2ccccc2)C[C@H]1C(=C)C. The molecule has 0 unspecified atom stereocenters. The number of allylic oxidation sites excluding steroid dienone is 2. The normalized spacial score (nSPS) is 19.8. The summed E-state index contributed by atoms with van der Waals surface area (Å²) in [7, 11) is -4.23. The number of nitrogens with zero attached hydrogens (tertiary/aromatic N) is 2. The molecule has 1 amide bonds. The molecule has 1 aliphatic rings. The van der Waals surface area contributed by atoms with Crippen LogP contribution in [0.3, 0.4) is 0 Å². The monoisotopic (exact) mass is 687 g/mol. The van der Waals surface area contributed by atoms with Crippen molar-refractivity contribution in [1.82, 2.24) is 10.5 Å². The van der Waals surface area contributed by atoms with Gasteiger partial charge in [-0.15, -0.1) is 6.58 Å². The van der Waals surface area contributed by atoms with E-state index in [4.69, 9.17) is 14.2 Å². The van der Waals surface area contributed by atoms with Crippen molar-refractivity contribution in [3.05, 3.63) is 72.5 Å². The minimum absolute atomic E-state index is 0.0207. The van der Waals surface area contributed by atoms with E-state index in [0.29, 0.717) is 12.8 Å². The molecule has 0 radical (unpaired) electrons. The molecule has 1 fully saturated rings. The summed E-state index contributed by atoms with van der Waals surface area (Å²) in [5, 5.41) is 17.1. The standard InChI is InChI=1S/C34H45N3O10S/c1-7-34(6)18-17-26(21-28(34)23(2)3)24(4)22-46-33(40)25(5)35-29(38)15-16-30(39)44-19-11-12-20-45-31-32(37(41)47-36-31)48(42,43)27-13-9-8-10-14-27/h7-10,13-14,25-26,28H,1-2,4,11-12,15-22H2,3,5-6H3,(H,35,38)/t25-,26+,28-,34+/m0/s1. The predicted molar refractivity (Wildman–Crippen MR) is 174 cm³/mol. The number of nitrogens with one attached hydrogen (secondary N) is 1. The minimum Gasteiger partial charge on any atom is -0.466 e. The molecule has 1 aromatic carbocycles. The van der Waals surface area contributed by atoms with Crippen LogP contribution in [0.4, 0.5) is 0 Å². The molecule has 3 rings (SSSR count). The van der Waals surface area contributed by atoms with Crippen LogP contribution in [0.15, 0.2) is 81.8 Å². The smallest absolute Gasteiger partial charge is 0.414 e. The van der Waals surface area contributed by atoms with Gasteiger partial charge in [0.25, 0.3) is 9.84 Å². The van der Waals surface area contributed by atoms with E-state index >= 15 is 0 Å². The average Bonchev–Trinajstić information content (AvgIpc) is 3.44. The van der Waals surface area contributed by atoms with E-state index in [1.165, 1.54) is 31.2 Å². The highest BCUT2D eigenvalue weighted by Crippen LogP contribution is 2.48. The van der Waals surface area contributed by atoms with Gasteiger partial charge in [0.15, 0.2) is 0 Å². The van der Waals surface area contributed by atoms with E-state index in [2.05, 4.69) is 41.8 Å². The Labute approximate surface area is 281 Å². The van der Waals surface area contributed by atoms with Crippen molar-refractivity contribution in [3.8, 4) is 5.88 Å². The van der Waals surface area contributed by atoms with Crippen molar-refractivity contribution in [2.24, 2.45) is 17.3 Å². The molecule has 1 saturated carbocycles. The first kappa shape index (κ1) is 38.0. The van der Waals surface area contributed by atoms with Crippen LogP contribution in [0.25, 0.3) is 0 Å². The number of rotatable bonds is 18. The average molecular weight is 688 g/mol. The molecule has 0 bridgehead atoms. The zero-order valence-corrected chi connectivity index (χ0v) is 28.6. The van der Waals surface area contributed by atoms with Gasteiger partial charge in [0, 0.05) is 6.42 Å². The number of ether oxygens (including phenoxy) is 3. The molecular formula is C34H45N3O10S. The Morgan fingerprint density at radius 3 is 2.52 bits per heavy atom. The summed E-state index contributed by atoms with van der Waals surface area (Å²) in [5.74, 6) is -1.73. The zero-order valence-electron chi connectivity index (χ0n) is 27.8. The summed E-state index contributed by atoms with van der Waals surface area (Å²) < 4.78 is 45.9. The Balaban J connectivity index is 1.30. The maximum atomic E-state index is 12.8. The fourth-order valence-electron chi connectivity index (χ4n) is 5.58. The molecular weight excluding hydrogens is 642 g/mol. The highest BCUT2D eigenvalue weighted by atomic mass is 32.2. The van der Waals surface area contributed by atoms with Crippen LogP contribution in [-0.4, -0.2) is 57.3 Å². The van der Waals surface area contributed by atoms with Crippen molar-refractivity contribution in [2.45, 2.75) is 81.7 Å². The number of benzene rings is 1. The highest BCUT2D eigenvalue weighted by molar-refractivity contribution is 7.91. The number of hydrogen-bond acceptors (Lipinski definition) is 11. The van der Waals surface area contributed by atoms with Gasteiger partial charge in [0.05, 0.1) is 29.7 Å². The van der Waals surface area contributed by atoms with E-state index in [-0.39, 0.29) is 59.7 Å². The summed E-state index contributed by atoms with van der Waals surface area (Å²) in [5.41, 5.74) is 1.89. The fraction of sp³-hybridized carbons (Fsp3) is 0.500. The maximum absolute atomic E-state index is 12.8. The van der Waals surface area contributed by atoms with Crippen LogP contribution in [0, 0.1) is 22.5 Å². The number of sulfone groups is 1. The third kappa shape index (κ3) is 10.0. The Bertz CT molecular complexity index is 1590. The summed E-state index contributed by atoms with van der Waals surface area (Å²) in [6.07, 6.45) is 5.02. The van der Waals surface area contributed by atoms with Gasteiger partial charge in [-0.1, -0.05) is 49.9 Å². The van der Waals surface area contributed by atoms with E-state index in [0.717, 1.165) is 30.4 Å². The lowest BCUT2D eigenvalue weighted by Crippen LogP contribution is -2.40. The van der Waals surface area contributed by atoms with Crippen molar-refractivity contribution < 1.29 is 46.5 Å². The van der Waals surface area contributed by atoms with Crippen LogP contribution < -0.4 is 15.0 Å². The molecule has 0 aliphatic heterocycles. The first-order valence-corrected chi connectivity index (χ1v) is 17.3. The second-order valence-electron chi connectivity index (χ2n) is 12.3. The second kappa shape index (κ2) is 17.1. The molecule has 48 heavy (non-hydrogen) atoms. The van der Waals surface area contributed by atoms with Crippen molar-refractivity contribution in [3.63, 3.8) is 0 Å². The van der Waals surface area contributed by atoms with Gasteiger partial charge < -0.3 is 24.7 Å². The van der Waals surface area contributed by atoms with Crippen LogP contribution in [0.2, 0.25) is 0 Å². The predicted octanol–water partition coefficient (Wildman–Crippen LogP) is 4.41. The van der Waals surface area contributed by atoms with E-state index in [1.807, 2.05) is 13.0 Å². The maximum Gasteiger partial charge on any atom is 0.414 e. The third-order valence-electron chi connectivity index (χ3n) is 8.57. The van der Waals surface area contributed by atoms with E-state index < -0.39 is 44.6 Å². The van der Waals surface area contributed by atoms with Crippen LogP contribution in [0.5, 0.6) is 5.88 Å². The van der Waals surface area contributed by atoms with Crippen LogP contribution >= 0.6 is 0 Å². The summed E-state index contributed by atoms with van der Waals surface area (Å²) >= 11 is 0. The Hall–Kier alpha value is -4.46. The molecule has 4 atom stereocenters. The second-order valence-corrected chi connectivity index (χ2v) is 14.1. The zero-order chi connectivity index (χ0) is 35.5. The number of esters is 2. The van der Waals surface area contributed by atoms with Gasteiger partial charge in [0.1, 0.15) is 12.6 Å². The third-order valence-corrected chi connectivity index (χ3v) is 10.3. The Morgan fingerprint density at radius 2 is 1.85 bits per heavy atom. The largest absolute Gasteiger partial charge is 0.466 e. The minimum atomic E-state index is -4.23. The molecule has 1 heterocycles. The molecule has 1 N–H and O–H groups in total. The van der Waals surface area contributed by atoms with E-state index in [9.17, 15) is 28.0 Å². The number of carbonyl (C=O) groups is 3. The summed E-state index contributed by atoms with van der Waals surface area (Å²) in [6, 6.07) is 6.39. The highest BCUT2D eigenvalue weighted by Gasteiger charge is 2.39. The summed E-state index contributed by atoms with van der Waals surface area (Å²) in [4.78, 5) is 36.6. The number of amides is 1. The molecule has 14 heteroatoms. The lowest BCUT2D eigenvalue weighted by molar-refractivity contribution is -0.832. The van der Waals surface area contributed by atoms with Crippen molar-refractivity contribution in [2.75, 3.05) is 19.8 Å². The van der Waals surface area contributed by atoms with Gasteiger partial charge in [-0.25, -0.2) is 13.2 Å². The lowest BCUT2D eigenvalue weighted by Gasteiger charge is -2.43. The molecule has 0 spiro atoms. The van der Waals surface area contributed by atoms with Crippen LogP contribution in [-0.2, 0) is 33.7 Å². The van der Waals surface area contributed by atoms with Gasteiger partial charge in [-0.3, -0.25) is 14.2 Å². The Kier molecular flexibility index (Phi) is 13.5. The van der Waals surface area contributed by atoms with Gasteiger partial charge >= 0.3 is 22.8 Å². The molecule has 2 aromatic rings. The first-order chi connectivity index (χ1) is 22.7. The first-order valence-electron chi connectivity index (χ1n) is 15.8. The van der Waals surface area contributed by atoms with Crippen molar-refractivity contribution >= 4 is 27.7 Å². The molecule has 262 valence electrons. The van der Waals surface area contributed by atoms with E-state index in [1.54, 1.807) is 6.07 Å². The number of hydrogen-bond donors (Lipinski definition) is 1. The van der Waals surface area contributed by atoms with Crippen molar-refractivity contribution in [1.29, 1.82) is 0 Å². The van der Waals surface area contributed by atoms with Crippen LogP contribution in [0.1, 0.15) is 65.7 Å². The number of aromatic nitrogens is 2. The number of unbranched alkanes of at least 4 members (excludes halogenated alkanes) is 1. The number of carbonyl (C=O) groups excluding carboxylic acids is 3. The Morgan fingerprint density at radius 1 is 1.17 bits per heavy atom. The lowest BCUT2D eigenvalue weighted by atomic mass is 9.61. The molecule has 1 aromatic heterocycles. The van der Waals surface area contributed by atoms with Gasteiger partial charge in [-0.2, -0.15) is 0 Å². The van der Waals surface area contributed by atoms with Gasteiger partial charge in [0.2, 0.25) is 5.91 Å². The van der Waals surface area contributed by atoms with Gasteiger partial charge in [-0.05, 0) is 85.8 Å². The topological polar surface area (TPSA) is 178 Å². The quantitative estimate of drug-likeness (QED) is 0.102. The molecule has 13 nitrogen and oxygen atoms in total. The fourth-order valence-corrected chi connectivity index (χ4v) is 6.87. The molecule has 1 aliphatic carbocycles. The molecule has 0 saturated heterocycles. The summed E-state index contributed by atoms with van der Waals surface area (Å²) in [6.45, 7) is 18.1.